The molecule has 72 heavy (non-hydrogen) atoms. The van der Waals surface area contributed by atoms with E-state index in [-0.39, 0.29) is 31.3 Å². The lowest BCUT2D eigenvalue weighted by molar-refractivity contribution is -0.870. The Bertz CT molecular complexity index is 1510. The van der Waals surface area contributed by atoms with Gasteiger partial charge in [0.1, 0.15) is 19.3 Å². The largest absolute Gasteiger partial charge is 0.756 e. The highest BCUT2D eigenvalue weighted by atomic mass is 31.2. The first-order chi connectivity index (χ1) is 34.9. The smallest absolute Gasteiger partial charge is 0.306 e. The molecule has 0 aromatic carbocycles. The van der Waals surface area contributed by atoms with Gasteiger partial charge in [-0.2, -0.15) is 0 Å². The number of unbranched alkanes of at least 4 members (excludes halogenated alkanes) is 24. The summed E-state index contributed by atoms with van der Waals surface area (Å²) >= 11 is 0. The highest BCUT2D eigenvalue weighted by Gasteiger charge is 2.27. The van der Waals surface area contributed by atoms with E-state index in [9.17, 15) is 19.0 Å². The molecule has 0 spiro atoms. The third kappa shape index (κ3) is 52.1. The van der Waals surface area contributed by atoms with Crippen LogP contribution in [0.2, 0.25) is 0 Å². The van der Waals surface area contributed by atoms with Crippen LogP contribution in [0.3, 0.4) is 0 Å². The fourth-order valence-corrected chi connectivity index (χ4v) is 8.74. The molecule has 10 heteroatoms. The van der Waals surface area contributed by atoms with Gasteiger partial charge in [-0.3, -0.25) is 14.2 Å². The number of carbonyl (C=O) groups is 2. The SMILES string of the molecule is CC/C=C\C/C=C\C/C=C\C/C=C\C/C=C\CCCCCCCC(=O)OC(/C=C\CCCCCCCCCCCC)C(COP(=O)([O-])OCC[N+](C)(C)C)NC(=O)CCCCC/C=C\CCCCCCCC. The van der Waals surface area contributed by atoms with Crippen LogP contribution in [0, 0.1) is 0 Å². The zero-order valence-electron chi connectivity index (χ0n) is 47.4. The number of nitrogens with one attached hydrogen (secondary N) is 1. The van der Waals surface area contributed by atoms with Crippen molar-refractivity contribution in [3.63, 3.8) is 0 Å². The number of phosphoric acid groups is 1. The number of likely N-dealkylation sites (N-methyl/N-ethyl adjacent to an activating group) is 1. The molecular formula is C62H111N2O7P. The van der Waals surface area contributed by atoms with Crippen molar-refractivity contribution < 1.29 is 37.3 Å². The van der Waals surface area contributed by atoms with Crippen LogP contribution >= 0.6 is 7.82 Å². The third-order valence-electron chi connectivity index (χ3n) is 12.6. The third-order valence-corrected chi connectivity index (χ3v) is 13.5. The Kier molecular flexibility index (Phi) is 49.6. The molecule has 0 bridgehead atoms. The summed E-state index contributed by atoms with van der Waals surface area (Å²) in [6, 6.07) is -0.907. The minimum absolute atomic E-state index is 0.0317. The van der Waals surface area contributed by atoms with Crippen LogP contribution in [0.15, 0.2) is 85.1 Å². The first kappa shape index (κ1) is 69.2. The van der Waals surface area contributed by atoms with E-state index in [1.807, 2.05) is 33.3 Å². The Morgan fingerprint density at radius 2 is 0.889 bits per heavy atom. The zero-order chi connectivity index (χ0) is 52.9. The van der Waals surface area contributed by atoms with Crippen LogP contribution in [0.4, 0.5) is 0 Å². The predicted molar refractivity (Wildman–Crippen MR) is 307 cm³/mol. The summed E-state index contributed by atoms with van der Waals surface area (Å²) in [5.74, 6) is -0.585. The van der Waals surface area contributed by atoms with Gasteiger partial charge in [0, 0.05) is 12.8 Å². The molecule has 0 fully saturated rings. The number of nitrogens with zero attached hydrogens (tertiary/aromatic N) is 1. The van der Waals surface area contributed by atoms with Crippen molar-refractivity contribution in [2.45, 2.75) is 258 Å². The summed E-state index contributed by atoms with van der Waals surface area (Å²) in [6.45, 7) is 6.68. The molecule has 9 nitrogen and oxygen atoms in total. The lowest BCUT2D eigenvalue weighted by Crippen LogP contribution is -2.47. The molecule has 416 valence electrons. The molecule has 1 N–H and O–H groups in total. The monoisotopic (exact) mass is 1030 g/mol. The van der Waals surface area contributed by atoms with E-state index >= 15 is 0 Å². The van der Waals surface area contributed by atoms with Gasteiger partial charge in [0.25, 0.3) is 7.82 Å². The van der Waals surface area contributed by atoms with E-state index in [1.54, 1.807) is 0 Å². The van der Waals surface area contributed by atoms with E-state index in [4.69, 9.17) is 13.8 Å². The van der Waals surface area contributed by atoms with Gasteiger partial charge in [-0.15, -0.1) is 0 Å². The average Bonchev–Trinajstić information content (AvgIpc) is 3.34. The molecule has 0 saturated carbocycles. The van der Waals surface area contributed by atoms with E-state index in [2.05, 4.69) is 99.0 Å². The number of ether oxygens (including phenoxy) is 1. The van der Waals surface area contributed by atoms with E-state index in [0.717, 1.165) is 109 Å². The zero-order valence-corrected chi connectivity index (χ0v) is 48.3. The van der Waals surface area contributed by atoms with Gasteiger partial charge >= 0.3 is 5.97 Å². The highest BCUT2D eigenvalue weighted by molar-refractivity contribution is 7.45. The Labute approximate surface area is 444 Å². The molecular weight excluding hydrogens is 916 g/mol. The van der Waals surface area contributed by atoms with Crippen molar-refractivity contribution in [1.29, 1.82) is 0 Å². The molecule has 0 aliphatic carbocycles. The van der Waals surface area contributed by atoms with Gasteiger partial charge < -0.3 is 28.5 Å². The van der Waals surface area contributed by atoms with E-state index < -0.39 is 26.6 Å². The molecule has 0 heterocycles. The minimum Gasteiger partial charge on any atom is -0.756 e. The van der Waals surface area contributed by atoms with Crippen LogP contribution in [-0.2, 0) is 27.9 Å². The van der Waals surface area contributed by atoms with E-state index in [0.29, 0.717) is 23.9 Å². The Hall–Kier alpha value is -2.81. The molecule has 0 rings (SSSR count). The Balaban J connectivity index is 5.34. The number of quaternary nitrogens is 1. The highest BCUT2D eigenvalue weighted by Crippen LogP contribution is 2.38. The number of hydrogen-bond donors (Lipinski definition) is 1. The van der Waals surface area contributed by atoms with Gasteiger partial charge in [-0.1, -0.05) is 215 Å². The van der Waals surface area contributed by atoms with Crippen molar-refractivity contribution in [1.82, 2.24) is 5.32 Å². The second kappa shape index (κ2) is 51.7. The summed E-state index contributed by atoms with van der Waals surface area (Å²) in [6.07, 6.45) is 66.9. The molecule has 1 amide bonds. The van der Waals surface area contributed by atoms with E-state index in [1.165, 1.54) is 89.9 Å². The second-order valence-electron chi connectivity index (χ2n) is 20.8. The maximum Gasteiger partial charge on any atom is 0.306 e. The molecule has 0 aliphatic rings. The topological polar surface area (TPSA) is 114 Å². The number of esters is 1. The molecule has 0 aromatic heterocycles. The van der Waals surface area contributed by atoms with Crippen molar-refractivity contribution in [3.05, 3.63) is 85.1 Å². The summed E-state index contributed by atoms with van der Waals surface area (Å²) < 4.78 is 30.2. The fraction of sp³-hybridized carbons (Fsp3) is 0.742. The van der Waals surface area contributed by atoms with Gasteiger partial charge in [0.2, 0.25) is 5.91 Å². The normalized spacial score (nSPS) is 14.4. The maximum atomic E-state index is 13.5. The number of rotatable bonds is 52. The average molecular weight is 1030 g/mol. The van der Waals surface area contributed by atoms with Crippen LogP contribution in [0.25, 0.3) is 0 Å². The summed E-state index contributed by atoms with van der Waals surface area (Å²) in [5.41, 5.74) is 0. The van der Waals surface area contributed by atoms with Crippen molar-refractivity contribution in [2.24, 2.45) is 0 Å². The molecule has 0 aromatic rings. The van der Waals surface area contributed by atoms with Gasteiger partial charge in [-0.05, 0) is 102 Å². The fourth-order valence-electron chi connectivity index (χ4n) is 8.01. The maximum absolute atomic E-state index is 13.5. The standard InChI is InChI=1S/C62H111N2O7P/c1-7-10-13-16-19-22-25-28-29-30-31-32-33-34-35-37-40-43-46-49-52-55-62(66)71-60(53-50-47-44-41-38-27-24-21-18-15-12-9-3)59(58-70-72(67,68)69-57-56-64(4,5)6)63-61(65)54-51-48-45-42-39-36-26-23-20-17-14-11-8-2/h10,13,19,22,28-29,31-32,34-36,39,50,53,59-60H,7-9,11-12,14-18,20-21,23-27,30,33,37-38,40-49,51-52,54-58H2,1-6H3,(H-,63,65,67,68)/b13-10-,22-19-,29-28-,32-31-,35-34-,39-36-,53-50-. The van der Waals surface area contributed by atoms with Crippen molar-refractivity contribution in [2.75, 3.05) is 40.9 Å². The van der Waals surface area contributed by atoms with Crippen molar-refractivity contribution >= 4 is 19.7 Å². The molecule has 3 atom stereocenters. The number of allylic oxidation sites excluding steroid dienone is 13. The summed E-state index contributed by atoms with van der Waals surface area (Å²) in [4.78, 5) is 39.9. The Morgan fingerprint density at radius 3 is 1.36 bits per heavy atom. The first-order valence-electron chi connectivity index (χ1n) is 29.4. The van der Waals surface area contributed by atoms with Crippen LogP contribution in [0.1, 0.15) is 245 Å². The number of amides is 1. The van der Waals surface area contributed by atoms with Crippen molar-refractivity contribution in [3.8, 4) is 0 Å². The number of phosphoric ester groups is 1. The van der Waals surface area contributed by atoms with Gasteiger partial charge in [-0.25, -0.2) is 0 Å². The molecule has 0 aliphatic heterocycles. The van der Waals surface area contributed by atoms with Crippen LogP contribution < -0.4 is 10.2 Å². The quantitative estimate of drug-likeness (QED) is 0.0212. The lowest BCUT2D eigenvalue weighted by atomic mass is 10.0. The van der Waals surface area contributed by atoms with Crippen LogP contribution in [-0.4, -0.2) is 69.4 Å². The molecule has 0 saturated heterocycles. The minimum atomic E-state index is -4.71. The van der Waals surface area contributed by atoms with Gasteiger partial charge in [0.05, 0.1) is 33.8 Å². The number of hydrogen-bond acceptors (Lipinski definition) is 7. The van der Waals surface area contributed by atoms with Gasteiger partial charge in [0.15, 0.2) is 0 Å². The molecule has 3 unspecified atom stereocenters. The molecule has 0 radical (unpaired) electrons. The number of carbonyl (C=O) groups excluding carboxylic acids is 2. The van der Waals surface area contributed by atoms with Crippen LogP contribution in [0.5, 0.6) is 0 Å². The Morgan fingerprint density at radius 1 is 0.500 bits per heavy atom. The summed E-state index contributed by atoms with van der Waals surface area (Å²) in [7, 11) is 1.15. The summed E-state index contributed by atoms with van der Waals surface area (Å²) in [5, 5.41) is 3.00. The lowest BCUT2D eigenvalue weighted by Gasteiger charge is -2.30. The predicted octanol–water partition coefficient (Wildman–Crippen LogP) is 17.2. The second-order valence-corrected chi connectivity index (χ2v) is 22.2. The first-order valence-corrected chi connectivity index (χ1v) is 30.9.